The zero-order valence-electron chi connectivity index (χ0n) is 11.6. The first-order chi connectivity index (χ1) is 10.1. The van der Waals surface area contributed by atoms with Gasteiger partial charge in [-0.05, 0) is 30.2 Å². The van der Waals surface area contributed by atoms with Crippen LogP contribution in [0.1, 0.15) is 11.3 Å². The van der Waals surface area contributed by atoms with Crippen LogP contribution in [0.2, 0.25) is 0 Å². The molecule has 0 saturated heterocycles. The van der Waals surface area contributed by atoms with Crippen molar-refractivity contribution in [3.8, 4) is 0 Å². The van der Waals surface area contributed by atoms with Gasteiger partial charge in [0.15, 0.2) is 0 Å². The fourth-order valence-corrected chi connectivity index (χ4v) is 4.18. The molecule has 2 heterocycles. The Morgan fingerprint density at radius 1 is 1.19 bits per heavy atom. The lowest BCUT2D eigenvalue weighted by Crippen LogP contribution is -2.32. The highest BCUT2D eigenvalue weighted by molar-refractivity contribution is 7.92. The lowest BCUT2D eigenvalue weighted by molar-refractivity contribution is 0.591. The van der Waals surface area contributed by atoms with Crippen LogP contribution < -0.4 is 10.0 Å². The van der Waals surface area contributed by atoms with Crippen molar-refractivity contribution in [1.29, 1.82) is 0 Å². The average molecular weight is 303 g/mol. The monoisotopic (exact) mass is 303 g/mol. The van der Waals surface area contributed by atoms with Crippen LogP contribution in [0.4, 0.5) is 11.4 Å². The van der Waals surface area contributed by atoms with E-state index in [1.165, 1.54) is 4.31 Å². The highest BCUT2D eigenvalue weighted by Crippen LogP contribution is 2.35. The van der Waals surface area contributed by atoms with E-state index in [-0.39, 0.29) is 5.75 Å². The highest BCUT2D eigenvalue weighted by atomic mass is 32.2. The number of rotatable bonds is 4. The highest BCUT2D eigenvalue weighted by Gasteiger charge is 2.30. The van der Waals surface area contributed by atoms with Gasteiger partial charge in [-0.25, -0.2) is 8.42 Å². The van der Waals surface area contributed by atoms with Gasteiger partial charge in [0.05, 0.1) is 17.1 Å². The molecule has 3 rings (SSSR count). The fraction of sp³-hybridized carbons (Fsp3) is 0.267. The van der Waals surface area contributed by atoms with Gasteiger partial charge in [-0.3, -0.25) is 9.29 Å². The van der Waals surface area contributed by atoms with E-state index < -0.39 is 10.0 Å². The van der Waals surface area contributed by atoms with Crippen LogP contribution in [-0.2, 0) is 22.9 Å². The van der Waals surface area contributed by atoms with Crippen LogP contribution in [-0.4, -0.2) is 25.7 Å². The Balaban J connectivity index is 1.82. The van der Waals surface area contributed by atoms with Crippen molar-refractivity contribution in [2.45, 2.75) is 12.8 Å². The van der Waals surface area contributed by atoms with Crippen LogP contribution in [0.15, 0.2) is 42.6 Å². The Hall–Kier alpha value is -2.08. The van der Waals surface area contributed by atoms with Crippen LogP contribution in [0, 0.1) is 0 Å². The zero-order chi connectivity index (χ0) is 14.9. The van der Waals surface area contributed by atoms with Crippen molar-refractivity contribution in [3.05, 3.63) is 53.9 Å². The van der Waals surface area contributed by atoms with Crippen LogP contribution in [0.3, 0.4) is 0 Å². The van der Waals surface area contributed by atoms with Crippen molar-refractivity contribution < 1.29 is 8.42 Å². The topological polar surface area (TPSA) is 76.3 Å². The minimum Gasteiger partial charge on any atom is -0.397 e. The summed E-state index contributed by atoms with van der Waals surface area (Å²) in [4.78, 5) is 4.16. The maximum atomic E-state index is 12.6. The summed E-state index contributed by atoms with van der Waals surface area (Å²) in [5.74, 6) is 0.0395. The molecule has 0 fully saturated rings. The van der Waals surface area contributed by atoms with Crippen molar-refractivity contribution in [2.24, 2.45) is 0 Å². The Morgan fingerprint density at radius 3 is 2.81 bits per heavy atom. The smallest absolute Gasteiger partial charge is 0.235 e. The summed E-state index contributed by atoms with van der Waals surface area (Å²) < 4.78 is 26.6. The van der Waals surface area contributed by atoms with Crippen molar-refractivity contribution in [2.75, 3.05) is 22.3 Å². The van der Waals surface area contributed by atoms with Crippen LogP contribution >= 0.6 is 0 Å². The second-order valence-corrected chi connectivity index (χ2v) is 7.08. The minimum atomic E-state index is -3.38. The summed E-state index contributed by atoms with van der Waals surface area (Å²) in [6.45, 7) is 0.466. The number of aryl methyl sites for hydroxylation is 1. The van der Waals surface area contributed by atoms with Crippen molar-refractivity contribution in [1.82, 2.24) is 4.98 Å². The molecule has 0 unspecified atom stereocenters. The maximum Gasteiger partial charge on any atom is 0.235 e. The Bertz CT molecular complexity index is 745. The molecule has 5 nitrogen and oxygen atoms in total. The number of hydrogen-bond donors (Lipinski definition) is 1. The summed E-state index contributed by atoms with van der Waals surface area (Å²) >= 11 is 0. The normalized spacial score (nSPS) is 14.2. The van der Waals surface area contributed by atoms with Gasteiger partial charge in [0.25, 0.3) is 0 Å². The SMILES string of the molecule is Nc1cccc2c1N(S(=O)(=O)CCc1ccccn1)CC2. The van der Waals surface area contributed by atoms with Gasteiger partial charge >= 0.3 is 0 Å². The Morgan fingerprint density at radius 2 is 2.05 bits per heavy atom. The van der Waals surface area contributed by atoms with Gasteiger partial charge in [0, 0.05) is 24.9 Å². The molecular formula is C15H17N3O2S. The number of hydrogen-bond acceptors (Lipinski definition) is 4. The molecule has 1 aliphatic heterocycles. The van der Waals surface area contributed by atoms with E-state index in [1.54, 1.807) is 12.3 Å². The molecule has 6 heteroatoms. The van der Waals surface area contributed by atoms with E-state index in [4.69, 9.17) is 5.73 Å². The first-order valence-electron chi connectivity index (χ1n) is 6.85. The largest absolute Gasteiger partial charge is 0.397 e. The molecule has 0 atom stereocenters. The number of anilines is 2. The number of nitrogen functional groups attached to an aromatic ring is 1. The minimum absolute atomic E-state index is 0.0395. The third-order valence-electron chi connectivity index (χ3n) is 3.66. The van der Waals surface area contributed by atoms with Gasteiger partial charge in [-0.15, -0.1) is 0 Å². The van der Waals surface area contributed by atoms with Crippen LogP contribution in [0.5, 0.6) is 0 Å². The third-order valence-corrected chi connectivity index (χ3v) is 5.42. The first kappa shape index (κ1) is 13.9. The summed E-state index contributed by atoms with van der Waals surface area (Å²) in [5.41, 5.74) is 8.89. The number of sulfonamides is 1. The molecular weight excluding hydrogens is 286 g/mol. The molecule has 2 N–H and O–H groups in total. The summed E-state index contributed by atoms with van der Waals surface area (Å²) in [6, 6.07) is 11.0. The molecule has 0 amide bonds. The number of benzene rings is 1. The Labute approximate surface area is 124 Å². The quantitative estimate of drug-likeness (QED) is 0.870. The van der Waals surface area contributed by atoms with E-state index in [0.717, 1.165) is 11.3 Å². The molecule has 0 spiro atoms. The molecule has 0 saturated carbocycles. The van der Waals surface area contributed by atoms with E-state index in [0.29, 0.717) is 30.8 Å². The zero-order valence-corrected chi connectivity index (χ0v) is 12.4. The molecule has 0 bridgehead atoms. The average Bonchev–Trinajstić information content (AvgIpc) is 2.93. The van der Waals surface area contributed by atoms with Gasteiger partial charge in [-0.2, -0.15) is 0 Å². The van der Waals surface area contributed by atoms with E-state index in [1.807, 2.05) is 30.3 Å². The van der Waals surface area contributed by atoms with E-state index >= 15 is 0 Å². The number of fused-ring (bicyclic) bond motifs is 1. The number of nitrogens with two attached hydrogens (primary N) is 1. The molecule has 110 valence electrons. The van der Waals surface area contributed by atoms with Gasteiger partial charge in [0.2, 0.25) is 10.0 Å². The second kappa shape index (κ2) is 5.37. The predicted octanol–water partition coefficient (Wildman–Crippen LogP) is 1.60. The number of aromatic nitrogens is 1. The number of nitrogens with zero attached hydrogens (tertiary/aromatic N) is 2. The summed E-state index contributed by atoms with van der Waals surface area (Å²) in [7, 11) is -3.38. The van der Waals surface area contributed by atoms with Crippen molar-refractivity contribution in [3.63, 3.8) is 0 Å². The Kier molecular flexibility index (Phi) is 3.55. The van der Waals surface area contributed by atoms with Gasteiger partial charge < -0.3 is 5.73 Å². The predicted molar refractivity (Wildman–Crippen MR) is 83.6 cm³/mol. The number of pyridine rings is 1. The molecule has 1 aromatic carbocycles. The lowest BCUT2D eigenvalue weighted by atomic mass is 10.1. The number of para-hydroxylation sites is 1. The second-order valence-electron chi connectivity index (χ2n) is 5.06. The summed E-state index contributed by atoms with van der Waals surface area (Å²) in [6.07, 6.45) is 2.79. The molecule has 1 aromatic heterocycles. The molecule has 2 aromatic rings. The molecule has 0 aliphatic carbocycles. The molecule has 1 aliphatic rings. The fourth-order valence-electron chi connectivity index (χ4n) is 2.62. The van der Waals surface area contributed by atoms with Gasteiger partial charge in [-0.1, -0.05) is 18.2 Å². The van der Waals surface area contributed by atoms with Gasteiger partial charge in [0.1, 0.15) is 0 Å². The lowest BCUT2D eigenvalue weighted by Gasteiger charge is -2.20. The molecule has 21 heavy (non-hydrogen) atoms. The first-order valence-corrected chi connectivity index (χ1v) is 8.46. The summed E-state index contributed by atoms with van der Waals surface area (Å²) in [5, 5.41) is 0. The van der Waals surface area contributed by atoms with E-state index in [9.17, 15) is 8.42 Å². The van der Waals surface area contributed by atoms with Crippen molar-refractivity contribution >= 4 is 21.4 Å². The van der Waals surface area contributed by atoms with E-state index in [2.05, 4.69) is 4.98 Å². The third kappa shape index (κ3) is 2.71. The maximum absolute atomic E-state index is 12.6. The molecule has 0 radical (unpaired) electrons. The van der Waals surface area contributed by atoms with Crippen LogP contribution in [0.25, 0.3) is 0 Å². The standard InChI is InChI=1S/C15H17N3O2S/c16-14-6-3-4-12-7-10-18(15(12)14)21(19,20)11-8-13-5-1-2-9-17-13/h1-6,9H,7-8,10-11,16H2.